The topological polar surface area (TPSA) is 132 Å². The van der Waals surface area contributed by atoms with Gasteiger partial charge in [0.15, 0.2) is 5.13 Å². The summed E-state index contributed by atoms with van der Waals surface area (Å²) in [6.45, 7) is 2.49. The Balaban J connectivity index is 1.54. The minimum Gasteiger partial charge on any atom is -0.368 e. The lowest BCUT2D eigenvalue weighted by Gasteiger charge is -2.25. The van der Waals surface area contributed by atoms with Crippen molar-refractivity contribution in [2.45, 2.75) is 43.7 Å². The Morgan fingerprint density at radius 1 is 1.43 bits per heavy atom. The summed E-state index contributed by atoms with van der Waals surface area (Å²) in [7, 11) is -3.92. The lowest BCUT2D eigenvalue weighted by atomic mass is 10.2. The summed E-state index contributed by atoms with van der Waals surface area (Å²) < 4.78 is 33.0. The number of nitro benzene ring substituents is 1. The number of carbonyl (C=O) groups is 1. The molecule has 30 heavy (non-hydrogen) atoms. The van der Waals surface area contributed by atoms with Crippen LogP contribution in [0.15, 0.2) is 23.1 Å². The molecule has 0 saturated carbocycles. The van der Waals surface area contributed by atoms with Crippen molar-refractivity contribution in [3.8, 4) is 0 Å². The van der Waals surface area contributed by atoms with Crippen LogP contribution in [-0.2, 0) is 32.5 Å². The maximum absolute atomic E-state index is 13.2. The van der Waals surface area contributed by atoms with Gasteiger partial charge < -0.3 is 4.74 Å². The molecule has 0 spiro atoms. The first kappa shape index (κ1) is 20.8. The van der Waals surface area contributed by atoms with E-state index in [1.165, 1.54) is 27.8 Å². The molecule has 1 N–H and O–H groups in total. The molecule has 2 aromatic rings. The van der Waals surface area contributed by atoms with Gasteiger partial charge in [-0.15, -0.1) is 11.3 Å². The van der Waals surface area contributed by atoms with E-state index in [-0.39, 0.29) is 29.6 Å². The number of anilines is 1. The van der Waals surface area contributed by atoms with Gasteiger partial charge in [0, 0.05) is 36.6 Å². The van der Waals surface area contributed by atoms with Crippen LogP contribution in [0.25, 0.3) is 0 Å². The van der Waals surface area contributed by atoms with E-state index in [0.29, 0.717) is 30.1 Å². The fraction of sp³-hybridized carbons (Fsp3) is 0.444. The largest absolute Gasteiger partial charge is 0.368 e. The Bertz CT molecular complexity index is 1110. The van der Waals surface area contributed by atoms with Crippen LogP contribution in [-0.4, -0.2) is 47.8 Å². The molecule has 12 heteroatoms. The molecule has 1 unspecified atom stereocenters. The summed E-state index contributed by atoms with van der Waals surface area (Å²) in [5.74, 6) is -0.240. The molecule has 1 aromatic heterocycles. The molecule has 1 amide bonds. The Hall–Kier alpha value is -2.41. The van der Waals surface area contributed by atoms with Crippen molar-refractivity contribution in [2.24, 2.45) is 0 Å². The maximum atomic E-state index is 13.2. The molecule has 0 bridgehead atoms. The van der Waals surface area contributed by atoms with E-state index in [2.05, 4.69) is 10.3 Å². The molecule has 2 aliphatic heterocycles. The second-order valence-electron chi connectivity index (χ2n) is 7.18. The third-order valence-corrected chi connectivity index (χ3v) is 8.13. The number of nitro groups is 1. The molecule has 1 fully saturated rings. The van der Waals surface area contributed by atoms with Crippen molar-refractivity contribution < 1.29 is 22.9 Å². The third-order valence-electron chi connectivity index (χ3n) is 5.15. The van der Waals surface area contributed by atoms with E-state index in [4.69, 9.17) is 4.74 Å². The number of non-ortho nitro benzene ring substituents is 1. The second-order valence-corrected chi connectivity index (χ2v) is 10.2. The molecular formula is C18H20N4O6S2. The van der Waals surface area contributed by atoms with Crippen molar-refractivity contribution in [2.75, 3.05) is 18.5 Å². The van der Waals surface area contributed by atoms with Gasteiger partial charge in [-0.1, -0.05) is 6.07 Å². The number of amides is 1. The van der Waals surface area contributed by atoms with Gasteiger partial charge in [0.2, 0.25) is 10.0 Å². The highest BCUT2D eigenvalue weighted by Crippen LogP contribution is 2.33. The fourth-order valence-electron chi connectivity index (χ4n) is 3.52. The van der Waals surface area contributed by atoms with Crippen LogP contribution in [0.2, 0.25) is 0 Å². The quantitative estimate of drug-likeness (QED) is 0.543. The molecule has 160 valence electrons. The van der Waals surface area contributed by atoms with Gasteiger partial charge in [0.05, 0.1) is 22.1 Å². The number of benzene rings is 1. The normalized spacial score (nSPS) is 19.4. The Labute approximate surface area is 177 Å². The van der Waals surface area contributed by atoms with Gasteiger partial charge >= 0.3 is 0 Å². The van der Waals surface area contributed by atoms with Crippen molar-refractivity contribution in [1.82, 2.24) is 9.29 Å². The number of hydrogen-bond acceptors (Lipinski definition) is 8. The Morgan fingerprint density at radius 3 is 2.93 bits per heavy atom. The van der Waals surface area contributed by atoms with Crippen LogP contribution < -0.4 is 5.32 Å². The molecule has 2 aliphatic rings. The molecule has 3 heterocycles. The number of aromatic nitrogens is 1. The van der Waals surface area contributed by atoms with E-state index < -0.39 is 21.1 Å². The van der Waals surface area contributed by atoms with Crippen molar-refractivity contribution in [3.05, 3.63) is 44.4 Å². The van der Waals surface area contributed by atoms with Crippen LogP contribution in [0.3, 0.4) is 0 Å². The first-order chi connectivity index (χ1) is 14.3. The van der Waals surface area contributed by atoms with Gasteiger partial charge in [-0.2, -0.15) is 4.31 Å². The highest BCUT2D eigenvalue weighted by Gasteiger charge is 2.33. The number of nitrogens with one attached hydrogen (secondary N) is 1. The van der Waals surface area contributed by atoms with Crippen LogP contribution >= 0.6 is 11.3 Å². The fourth-order valence-corrected chi connectivity index (χ4v) is 6.28. The number of hydrogen-bond donors (Lipinski definition) is 1. The van der Waals surface area contributed by atoms with Crippen molar-refractivity contribution >= 4 is 38.1 Å². The van der Waals surface area contributed by atoms with E-state index in [0.717, 1.165) is 23.1 Å². The third kappa shape index (κ3) is 3.95. The zero-order valence-electron chi connectivity index (χ0n) is 16.2. The number of aryl methyl sites for hydroxylation is 1. The van der Waals surface area contributed by atoms with E-state index >= 15 is 0 Å². The van der Waals surface area contributed by atoms with Gasteiger partial charge in [-0.05, 0) is 25.3 Å². The highest BCUT2D eigenvalue weighted by molar-refractivity contribution is 7.89. The average Bonchev–Trinajstić information content (AvgIpc) is 3.36. The second kappa shape index (κ2) is 8.02. The number of fused-ring (bicyclic) bond motifs is 1. The summed E-state index contributed by atoms with van der Waals surface area (Å²) >= 11 is 1.24. The van der Waals surface area contributed by atoms with Crippen LogP contribution in [0, 0.1) is 17.0 Å². The Kier molecular flexibility index (Phi) is 5.57. The van der Waals surface area contributed by atoms with Gasteiger partial charge in [0.25, 0.3) is 11.6 Å². The summed E-state index contributed by atoms with van der Waals surface area (Å²) in [4.78, 5) is 27.8. The number of rotatable bonds is 5. The number of thiazole rings is 1. The number of ether oxygens (including phenoxy) is 1. The van der Waals surface area contributed by atoms with Crippen LogP contribution in [0.1, 0.15) is 29.0 Å². The van der Waals surface area contributed by atoms with Gasteiger partial charge in [0.1, 0.15) is 6.10 Å². The number of nitrogens with zero attached hydrogens (tertiary/aromatic N) is 3. The number of carbonyl (C=O) groups excluding carboxylic acids is 1. The lowest BCUT2D eigenvalue weighted by Crippen LogP contribution is -2.35. The molecule has 4 rings (SSSR count). The van der Waals surface area contributed by atoms with Gasteiger partial charge in [-0.3, -0.25) is 20.2 Å². The Morgan fingerprint density at radius 2 is 2.23 bits per heavy atom. The summed E-state index contributed by atoms with van der Waals surface area (Å²) in [6, 6.07) is 3.82. The van der Waals surface area contributed by atoms with E-state index in [1.807, 2.05) is 0 Å². The number of sulfonamides is 1. The highest BCUT2D eigenvalue weighted by atomic mass is 32.2. The average molecular weight is 453 g/mol. The molecule has 1 atom stereocenters. The molecule has 1 saturated heterocycles. The maximum Gasteiger partial charge on any atom is 0.270 e. The molecule has 1 aromatic carbocycles. The summed E-state index contributed by atoms with van der Waals surface area (Å²) in [5.41, 5.74) is 0.930. The zero-order chi connectivity index (χ0) is 21.5. The van der Waals surface area contributed by atoms with Crippen LogP contribution in [0.5, 0.6) is 0 Å². The van der Waals surface area contributed by atoms with Crippen molar-refractivity contribution in [3.63, 3.8) is 0 Å². The zero-order valence-corrected chi connectivity index (χ0v) is 17.8. The van der Waals surface area contributed by atoms with Crippen molar-refractivity contribution in [1.29, 1.82) is 0 Å². The molecule has 10 nitrogen and oxygen atoms in total. The standard InChI is InChI=1S/C18H20N4O6S2/c1-11-4-5-12(22(24)25)9-16(11)30(26,27)21-7-6-13-15(10-21)29-18(19-13)20-17(23)14-3-2-8-28-14/h4-5,9,14H,2-3,6-8,10H2,1H3,(H,19,20,23). The van der Waals surface area contributed by atoms with E-state index in [1.54, 1.807) is 6.92 Å². The van der Waals surface area contributed by atoms with Gasteiger partial charge in [-0.25, -0.2) is 13.4 Å². The molecule has 0 aliphatic carbocycles. The lowest BCUT2D eigenvalue weighted by molar-refractivity contribution is -0.385. The monoisotopic (exact) mass is 452 g/mol. The van der Waals surface area contributed by atoms with Crippen LogP contribution in [0.4, 0.5) is 10.8 Å². The SMILES string of the molecule is Cc1ccc([N+](=O)[O-])cc1S(=O)(=O)N1CCc2nc(NC(=O)C3CCCO3)sc2C1. The minimum atomic E-state index is -3.92. The van der Waals surface area contributed by atoms with E-state index in [9.17, 15) is 23.3 Å². The smallest absolute Gasteiger partial charge is 0.270 e. The summed E-state index contributed by atoms with van der Waals surface area (Å²) in [6.07, 6.45) is 1.44. The first-order valence-corrected chi connectivity index (χ1v) is 11.7. The first-order valence-electron chi connectivity index (χ1n) is 9.42. The molecule has 0 radical (unpaired) electrons. The predicted octanol–water partition coefficient (Wildman–Crippen LogP) is 2.22. The summed E-state index contributed by atoms with van der Waals surface area (Å²) in [5, 5.41) is 14.2. The minimum absolute atomic E-state index is 0.0726. The molecular weight excluding hydrogens is 432 g/mol. The predicted molar refractivity (Wildman–Crippen MR) is 109 cm³/mol.